The normalized spacial score (nSPS) is 10.8. The van der Waals surface area contributed by atoms with Gasteiger partial charge in [-0.25, -0.2) is 0 Å². The number of guanidine groups is 1. The Balaban J connectivity index is 0.00000441. The van der Waals surface area contributed by atoms with Gasteiger partial charge < -0.3 is 15.4 Å². The highest BCUT2D eigenvalue weighted by molar-refractivity contribution is 14.0. The molecule has 0 atom stereocenters. The summed E-state index contributed by atoms with van der Waals surface area (Å²) in [7, 11) is 3.46. The smallest absolute Gasteiger partial charge is 0.191 e. The van der Waals surface area contributed by atoms with Gasteiger partial charge in [0.15, 0.2) is 5.96 Å². The number of benzene rings is 1. The van der Waals surface area contributed by atoms with Crippen molar-refractivity contribution in [2.75, 3.05) is 32.7 Å². The minimum absolute atomic E-state index is 0. The Bertz CT molecular complexity index is 460. The fraction of sp³-hybridized carbons (Fsp3) is 0.533. The summed E-state index contributed by atoms with van der Waals surface area (Å²) in [5, 5.41) is 6.64. The lowest BCUT2D eigenvalue weighted by atomic mass is 10.2. The van der Waals surface area contributed by atoms with Crippen LogP contribution in [0.4, 0.5) is 0 Å². The van der Waals surface area contributed by atoms with Crippen molar-refractivity contribution in [1.29, 1.82) is 0 Å². The van der Waals surface area contributed by atoms with Gasteiger partial charge in [0, 0.05) is 20.1 Å². The molecule has 0 aliphatic carbocycles. The van der Waals surface area contributed by atoms with E-state index < -0.39 is 0 Å². The number of hydrogen-bond donors (Lipinski definition) is 2. The highest BCUT2D eigenvalue weighted by Gasteiger charge is 2.02. The standard InChI is InChI=1S/C15H24BrN3OS.HI/c1-17-15(18-8-4-5-9-21-3)19-11-12-6-7-14(20-2)13(16)10-12;/h6-7,10H,4-5,8-9,11H2,1-3H3,(H2,17,18,19);1H. The van der Waals surface area contributed by atoms with Crippen LogP contribution in [-0.2, 0) is 6.54 Å². The third-order valence-corrected chi connectivity index (χ3v) is 4.28. The summed E-state index contributed by atoms with van der Waals surface area (Å²) in [5.41, 5.74) is 1.17. The fourth-order valence-corrected chi connectivity index (χ4v) is 2.89. The molecule has 22 heavy (non-hydrogen) atoms. The number of rotatable bonds is 8. The topological polar surface area (TPSA) is 45.7 Å². The second-order valence-electron chi connectivity index (χ2n) is 4.52. The zero-order valence-electron chi connectivity index (χ0n) is 13.3. The molecule has 1 aromatic carbocycles. The average Bonchev–Trinajstić information content (AvgIpc) is 2.50. The number of halogens is 2. The number of thioether (sulfide) groups is 1. The lowest BCUT2D eigenvalue weighted by molar-refractivity contribution is 0.412. The molecule has 0 amide bonds. The van der Waals surface area contributed by atoms with Crippen LogP contribution in [0.1, 0.15) is 18.4 Å². The van der Waals surface area contributed by atoms with Crippen LogP contribution in [0.3, 0.4) is 0 Å². The van der Waals surface area contributed by atoms with Gasteiger partial charge in [0.2, 0.25) is 0 Å². The van der Waals surface area contributed by atoms with Crippen LogP contribution in [0, 0.1) is 0 Å². The number of nitrogens with one attached hydrogen (secondary N) is 2. The summed E-state index contributed by atoms with van der Waals surface area (Å²) >= 11 is 5.39. The number of unbranched alkanes of at least 4 members (excludes halogenated alkanes) is 1. The van der Waals surface area contributed by atoms with E-state index in [1.54, 1.807) is 14.2 Å². The lowest BCUT2D eigenvalue weighted by Gasteiger charge is -2.12. The first-order valence-corrected chi connectivity index (χ1v) is 9.15. The van der Waals surface area contributed by atoms with Gasteiger partial charge >= 0.3 is 0 Å². The molecule has 0 aliphatic heterocycles. The summed E-state index contributed by atoms with van der Waals surface area (Å²) < 4.78 is 6.19. The van der Waals surface area contributed by atoms with Crippen molar-refractivity contribution in [3.05, 3.63) is 28.2 Å². The van der Waals surface area contributed by atoms with Crippen LogP contribution in [0.2, 0.25) is 0 Å². The summed E-state index contributed by atoms with van der Waals surface area (Å²) in [6, 6.07) is 6.06. The molecule has 4 nitrogen and oxygen atoms in total. The molecule has 0 aromatic heterocycles. The maximum Gasteiger partial charge on any atom is 0.191 e. The molecular weight excluding hydrogens is 477 g/mol. The van der Waals surface area contributed by atoms with E-state index in [0.29, 0.717) is 0 Å². The van der Waals surface area contributed by atoms with Crippen LogP contribution in [0.15, 0.2) is 27.7 Å². The van der Waals surface area contributed by atoms with Crippen molar-refractivity contribution < 1.29 is 4.74 Å². The summed E-state index contributed by atoms with van der Waals surface area (Å²) in [6.45, 7) is 1.68. The lowest BCUT2D eigenvalue weighted by Crippen LogP contribution is -2.37. The van der Waals surface area contributed by atoms with Crippen molar-refractivity contribution in [2.45, 2.75) is 19.4 Å². The first-order chi connectivity index (χ1) is 10.2. The van der Waals surface area contributed by atoms with Crippen molar-refractivity contribution in [1.82, 2.24) is 10.6 Å². The molecule has 1 aromatic rings. The van der Waals surface area contributed by atoms with Gasteiger partial charge in [-0.1, -0.05) is 6.07 Å². The van der Waals surface area contributed by atoms with E-state index in [4.69, 9.17) is 4.74 Å². The predicted molar refractivity (Wildman–Crippen MR) is 112 cm³/mol. The van der Waals surface area contributed by atoms with Crippen molar-refractivity contribution in [3.63, 3.8) is 0 Å². The predicted octanol–water partition coefficient (Wildman–Crippen LogP) is 3.88. The van der Waals surface area contributed by atoms with Gasteiger partial charge in [-0.15, -0.1) is 24.0 Å². The molecule has 1 rings (SSSR count). The quantitative estimate of drug-likeness (QED) is 0.245. The Hall–Kier alpha value is -0.150. The van der Waals surface area contributed by atoms with Crippen LogP contribution in [0.25, 0.3) is 0 Å². The van der Waals surface area contributed by atoms with Gasteiger partial charge in [0.25, 0.3) is 0 Å². The van der Waals surface area contributed by atoms with E-state index in [-0.39, 0.29) is 24.0 Å². The first-order valence-electron chi connectivity index (χ1n) is 6.97. The molecular formula is C15H25BrIN3OS. The number of ether oxygens (including phenoxy) is 1. The Morgan fingerprint density at radius 2 is 2.09 bits per heavy atom. The molecule has 0 spiro atoms. The number of aliphatic imine (C=N–C) groups is 1. The van der Waals surface area contributed by atoms with E-state index in [0.717, 1.165) is 35.7 Å². The number of methoxy groups -OCH3 is 1. The largest absolute Gasteiger partial charge is 0.496 e. The van der Waals surface area contributed by atoms with Crippen molar-refractivity contribution in [2.24, 2.45) is 4.99 Å². The van der Waals surface area contributed by atoms with E-state index in [2.05, 4.69) is 43.9 Å². The van der Waals surface area contributed by atoms with Gasteiger partial charge in [0.1, 0.15) is 5.75 Å². The molecule has 0 unspecified atom stereocenters. The molecule has 126 valence electrons. The second-order valence-corrected chi connectivity index (χ2v) is 6.36. The van der Waals surface area contributed by atoms with Gasteiger partial charge in [0.05, 0.1) is 11.6 Å². The summed E-state index contributed by atoms with van der Waals surface area (Å²) in [5.74, 6) is 2.90. The summed E-state index contributed by atoms with van der Waals surface area (Å²) in [4.78, 5) is 4.23. The molecule has 0 radical (unpaired) electrons. The SMILES string of the molecule is CN=C(NCCCCSC)NCc1ccc(OC)c(Br)c1.I. The Morgan fingerprint density at radius 3 is 2.68 bits per heavy atom. The van der Waals surface area contributed by atoms with Crippen LogP contribution >= 0.6 is 51.7 Å². The minimum atomic E-state index is 0. The van der Waals surface area contributed by atoms with E-state index in [9.17, 15) is 0 Å². The molecule has 0 heterocycles. The Morgan fingerprint density at radius 1 is 1.32 bits per heavy atom. The molecule has 0 aliphatic rings. The molecule has 0 saturated heterocycles. The van der Waals surface area contributed by atoms with Crippen molar-refractivity contribution in [3.8, 4) is 5.75 Å². The number of nitrogens with zero attached hydrogens (tertiary/aromatic N) is 1. The third-order valence-electron chi connectivity index (χ3n) is 2.97. The van der Waals surface area contributed by atoms with Crippen LogP contribution in [-0.4, -0.2) is 38.7 Å². The molecule has 0 fully saturated rings. The number of hydrogen-bond acceptors (Lipinski definition) is 3. The molecule has 0 bridgehead atoms. The van der Waals surface area contributed by atoms with E-state index in [1.165, 1.54) is 17.7 Å². The second kappa shape index (κ2) is 13.3. The Labute approximate surface area is 163 Å². The zero-order chi connectivity index (χ0) is 15.5. The Kier molecular flexibility index (Phi) is 13.2. The monoisotopic (exact) mass is 501 g/mol. The van der Waals surface area contributed by atoms with Gasteiger partial charge in [-0.3, -0.25) is 4.99 Å². The van der Waals surface area contributed by atoms with Gasteiger partial charge in [-0.2, -0.15) is 11.8 Å². The zero-order valence-corrected chi connectivity index (χ0v) is 18.1. The first kappa shape index (κ1) is 21.9. The maximum atomic E-state index is 5.23. The van der Waals surface area contributed by atoms with Crippen LogP contribution in [0.5, 0.6) is 5.75 Å². The van der Waals surface area contributed by atoms with E-state index >= 15 is 0 Å². The van der Waals surface area contributed by atoms with Crippen LogP contribution < -0.4 is 15.4 Å². The highest BCUT2D eigenvalue weighted by atomic mass is 127. The van der Waals surface area contributed by atoms with Gasteiger partial charge in [-0.05, 0) is 58.5 Å². The van der Waals surface area contributed by atoms with Crippen molar-refractivity contribution >= 4 is 57.6 Å². The molecule has 7 heteroatoms. The minimum Gasteiger partial charge on any atom is -0.496 e. The summed E-state index contributed by atoms with van der Waals surface area (Å²) in [6.07, 6.45) is 4.53. The third kappa shape index (κ3) is 8.47. The molecule has 2 N–H and O–H groups in total. The fourth-order valence-electron chi connectivity index (χ4n) is 1.80. The average molecular weight is 502 g/mol. The molecule has 0 saturated carbocycles. The van der Waals surface area contributed by atoms with E-state index in [1.807, 2.05) is 23.9 Å². The highest BCUT2D eigenvalue weighted by Crippen LogP contribution is 2.25. The maximum absolute atomic E-state index is 5.23.